The molecule has 2 aromatic heterocycles. The number of carbonyl (C=O) groups excluding carboxylic acids is 1. The number of carbonyl (C=O) groups is 1. The molecule has 0 aliphatic rings. The molecule has 1 N–H and O–H groups in total. The molecule has 7 nitrogen and oxygen atoms in total. The molecule has 28 heavy (non-hydrogen) atoms. The molecule has 146 valence electrons. The van der Waals surface area contributed by atoms with Crippen LogP contribution < -0.4 is 15.6 Å². The van der Waals surface area contributed by atoms with Gasteiger partial charge in [-0.3, -0.25) is 14.3 Å². The monoisotopic (exact) mass is 408 g/mol. The van der Waals surface area contributed by atoms with E-state index in [4.69, 9.17) is 11.6 Å². The van der Waals surface area contributed by atoms with Gasteiger partial charge in [0, 0.05) is 43.8 Å². The fourth-order valence-electron chi connectivity index (χ4n) is 2.52. The van der Waals surface area contributed by atoms with Gasteiger partial charge in [0.25, 0.3) is 11.5 Å². The molecule has 3 rings (SSSR count). The molecule has 2 heterocycles. The number of ether oxygens (including phenoxy) is 1. The highest BCUT2D eigenvalue weighted by molar-refractivity contribution is 6.20. The molecule has 0 atom stereocenters. The molecule has 0 bridgehead atoms. The number of hydrogen-bond donors (Lipinski definition) is 1. The number of nitrogens with one attached hydrogen (secondary N) is 1. The van der Waals surface area contributed by atoms with E-state index >= 15 is 0 Å². The van der Waals surface area contributed by atoms with Gasteiger partial charge < -0.3 is 14.6 Å². The van der Waals surface area contributed by atoms with Gasteiger partial charge >= 0.3 is 5.57 Å². The van der Waals surface area contributed by atoms with Gasteiger partial charge in [-0.2, -0.15) is 5.10 Å². The lowest BCUT2D eigenvalue weighted by molar-refractivity contribution is -0.0964. The molecule has 0 aliphatic carbocycles. The Bertz CT molecular complexity index is 1070. The maximum absolute atomic E-state index is 12.6. The Hall–Kier alpha value is -3.20. The Labute approximate surface area is 163 Å². The van der Waals surface area contributed by atoms with Crippen molar-refractivity contribution in [3.8, 4) is 17.0 Å². The number of aromatic nitrogens is 3. The fraction of sp³-hybridized carbons (Fsp3) is 0.167. The van der Waals surface area contributed by atoms with Crippen LogP contribution in [-0.2, 0) is 14.1 Å². The van der Waals surface area contributed by atoms with Crippen molar-refractivity contribution in [3.63, 3.8) is 0 Å². The zero-order valence-electron chi connectivity index (χ0n) is 14.8. The largest absolute Gasteiger partial charge is 0.487 e. The number of aryl methyl sites for hydroxylation is 2. The van der Waals surface area contributed by atoms with Crippen LogP contribution >= 0.6 is 11.6 Å². The summed E-state index contributed by atoms with van der Waals surface area (Å²) < 4.78 is 32.3. The molecule has 10 heteroatoms. The van der Waals surface area contributed by atoms with Crippen molar-refractivity contribution < 1.29 is 18.3 Å². The van der Waals surface area contributed by atoms with Crippen molar-refractivity contribution in [2.45, 2.75) is 5.57 Å². The maximum Gasteiger partial charge on any atom is 0.487 e. The van der Waals surface area contributed by atoms with E-state index in [1.165, 1.54) is 48.1 Å². The number of nitrogens with zero attached hydrogens (tertiary/aromatic N) is 3. The minimum absolute atomic E-state index is 0.155. The number of amides is 1. The lowest BCUT2D eigenvalue weighted by Gasteiger charge is -2.11. The lowest BCUT2D eigenvalue weighted by atomic mass is 10.1. The van der Waals surface area contributed by atoms with Crippen LogP contribution in [-0.4, -0.2) is 25.8 Å². The zero-order valence-corrected chi connectivity index (χ0v) is 15.6. The second-order valence-electron chi connectivity index (χ2n) is 5.96. The third kappa shape index (κ3) is 4.55. The molecular formula is C18H15ClF2N4O3. The summed E-state index contributed by atoms with van der Waals surface area (Å²) in [4.78, 5) is 24.9. The summed E-state index contributed by atoms with van der Waals surface area (Å²) >= 11 is 4.71. The van der Waals surface area contributed by atoms with Gasteiger partial charge in [-0.05, 0) is 36.4 Å². The number of hydrogen-bond acceptors (Lipinski definition) is 4. The van der Waals surface area contributed by atoms with E-state index in [-0.39, 0.29) is 22.4 Å². The molecular weight excluding hydrogens is 394 g/mol. The number of alkyl halides is 3. The minimum Gasteiger partial charge on any atom is -0.420 e. The highest BCUT2D eigenvalue weighted by Gasteiger charge is 2.27. The van der Waals surface area contributed by atoms with Gasteiger partial charge in [0.15, 0.2) is 0 Å². The van der Waals surface area contributed by atoms with E-state index in [0.717, 1.165) is 0 Å². The predicted octanol–water partition coefficient (Wildman–Crippen LogP) is 3.21. The van der Waals surface area contributed by atoms with Crippen LogP contribution in [0, 0.1) is 0 Å². The molecule has 0 aliphatic heterocycles. The smallest absolute Gasteiger partial charge is 0.420 e. The third-order valence-electron chi connectivity index (χ3n) is 3.78. The standard InChI is InChI=1S/C18H15ClF2N4O3/c1-24-10-11(9-14(17(24)27)15-7-8-25(2)23-15)16(26)22-12-3-5-13(6-4-12)28-18(19,20)21/h3-10H,1-2H3,(H,22,26). The van der Waals surface area contributed by atoms with E-state index in [2.05, 4.69) is 15.2 Å². The van der Waals surface area contributed by atoms with Crippen LogP contribution in [0.3, 0.4) is 0 Å². The van der Waals surface area contributed by atoms with Crippen LogP contribution in [0.4, 0.5) is 14.5 Å². The molecule has 0 saturated heterocycles. The average Bonchev–Trinajstić information content (AvgIpc) is 3.03. The normalized spacial score (nSPS) is 11.3. The molecule has 3 aromatic rings. The Kier molecular flexibility index (Phi) is 5.19. The van der Waals surface area contributed by atoms with Gasteiger partial charge in [-0.1, -0.05) is 0 Å². The Morgan fingerprint density at radius 2 is 1.89 bits per heavy atom. The van der Waals surface area contributed by atoms with Gasteiger partial charge in [0.2, 0.25) is 0 Å². The number of pyridine rings is 1. The van der Waals surface area contributed by atoms with E-state index in [1.54, 1.807) is 24.0 Å². The lowest BCUT2D eigenvalue weighted by Crippen LogP contribution is -2.22. The predicted molar refractivity (Wildman–Crippen MR) is 99.7 cm³/mol. The van der Waals surface area contributed by atoms with Crippen LogP contribution in [0.5, 0.6) is 5.75 Å². The van der Waals surface area contributed by atoms with Crippen molar-refractivity contribution in [1.29, 1.82) is 0 Å². The summed E-state index contributed by atoms with van der Waals surface area (Å²) in [6.45, 7) is 0. The quantitative estimate of drug-likeness (QED) is 0.657. The number of anilines is 1. The fourth-order valence-corrected chi connectivity index (χ4v) is 2.61. The highest BCUT2D eigenvalue weighted by Crippen LogP contribution is 2.26. The Balaban J connectivity index is 1.83. The average molecular weight is 409 g/mol. The number of rotatable bonds is 5. The summed E-state index contributed by atoms with van der Waals surface area (Å²) in [7, 11) is 3.25. The first kappa shape index (κ1) is 19.6. The first-order valence-electron chi connectivity index (χ1n) is 8.00. The summed E-state index contributed by atoms with van der Waals surface area (Å²) in [6.07, 6.45) is 3.09. The number of benzene rings is 1. The molecule has 0 radical (unpaired) electrons. The number of halogens is 3. The minimum atomic E-state index is -3.82. The van der Waals surface area contributed by atoms with Crippen molar-refractivity contribution in [2.24, 2.45) is 14.1 Å². The van der Waals surface area contributed by atoms with Crippen LogP contribution in [0.25, 0.3) is 11.3 Å². The summed E-state index contributed by atoms with van der Waals surface area (Å²) in [6, 6.07) is 8.38. The molecule has 1 aromatic carbocycles. The van der Waals surface area contributed by atoms with E-state index < -0.39 is 11.5 Å². The molecule has 0 saturated carbocycles. The summed E-state index contributed by atoms with van der Waals surface area (Å²) in [5.41, 5.74) is -2.80. The van der Waals surface area contributed by atoms with Crippen molar-refractivity contribution in [2.75, 3.05) is 5.32 Å². The second-order valence-corrected chi connectivity index (χ2v) is 6.40. The third-order valence-corrected chi connectivity index (χ3v) is 3.86. The maximum atomic E-state index is 12.6. The van der Waals surface area contributed by atoms with E-state index in [9.17, 15) is 18.4 Å². The topological polar surface area (TPSA) is 78.2 Å². The van der Waals surface area contributed by atoms with Crippen molar-refractivity contribution >= 4 is 23.2 Å². The van der Waals surface area contributed by atoms with E-state index in [1.807, 2.05) is 0 Å². The Morgan fingerprint density at radius 1 is 1.21 bits per heavy atom. The zero-order chi connectivity index (χ0) is 20.5. The van der Waals surface area contributed by atoms with E-state index in [0.29, 0.717) is 11.4 Å². The SMILES string of the molecule is Cn1ccc(-c2cc(C(=O)Nc3ccc(OC(F)(F)Cl)cc3)cn(C)c2=O)n1. The van der Waals surface area contributed by atoms with Crippen molar-refractivity contribution in [1.82, 2.24) is 14.3 Å². The van der Waals surface area contributed by atoms with Crippen LogP contribution in [0.15, 0.2) is 53.6 Å². The first-order chi connectivity index (χ1) is 13.1. The van der Waals surface area contributed by atoms with Crippen LogP contribution in [0.1, 0.15) is 10.4 Å². The van der Waals surface area contributed by atoms with Gasteiger partial charge in [-0.25, -0.2) is 0 Å². The molecule has 0 spiro atoms. The highest BCUT2D eigenvalue weighted by atomic mass is 35.5. The van der Waals surface area contributed by atoms with Crippen molar-refractivity contribution in [3.05, 3.63) is 64.7 Å². The first-order valence-corrected chi connectivity index (χ1v) is 8.38. The van der Waals surface area contributed by atoms with Crippen LogP contribution in [0.2, 0.25) is 0 Å². The van der Waals surface area contributed by atoms with Gasteiger partial charge in [-0.15, -0.1) is 8.78 Å². The van der Waals surface area contributed by atoms with Gasteiger partial charge in [0.05, 0.1) is 16.8 Å². The second kappa shape index (κ2) is 7.43. The molecule has 1 amide bonds. The summed E-state index contributed by atoms with van der Waals surface area (Å²) in [5.74, 6) is -0.637. The molecule has 0 fully saturated rings. The Morgan fingerprint density at radius 3 is 2.46 bits per heavy atom. The molecule has 0 unspecified atom stereocenters. The summed E-state index contributed by atoms with van der Waals surface area (Å²) in [5, 5.41) is 6.81. The van der Waals surface area contributed by atoms with Gasteiger partial charge in [0.1, 0.15) is 5.75 Å².